The lowest BCUT2D eigenvalue weighted by Gasteiger charge is -2.10. The van der Waals surface area contributed by atoms with Crippen LogP contribution in [0.5, 0.6) is 0 Å². The summed E-state index contributed by atoms with van der Waals surface area (Å²) in [6.07, 6.45) is 0.747. The van der Waals surface area contributed by atoms with E-state index in [1.54, 1.807) is 0 Å². The van der Waals surface area contributed by atoms with E-state index in [-0.39, 0.29) is 0 Å². The Morgan fingerprint density at radius 1 is 0.582 bits per heavy atom. The van der Waals surface area contributed by atoms with Crippen molar-refractivity contribution in [2.45, 2.75) is 6.42 Å². The maximum atomic E-state index is 6.81. The van der Waals surface area contributed by atoms with Crippen molar-refractivity contribution < 1.29 is 4.42 Å². The number of aromatic nitrogens is 3. The van der Waals surface area contributed by atoms with Gasteiger partial charge in [0.1, 0.15) is 16.9 Å². The highest BCUT2D eigenvalue weighted by atomic mass is 35.5. The average molecular weight is 740 g/mol. The van der Waals surface area contributed by atoms with Crippen molar-refractivity contribution in [3.8, 4) is 28.2 Å². The molecule has 256 valence electrons. The van der Waals surface area contributed by atoms with Crippen molar-refractivity contribution in [2.75, 3.05) is 0 Å². The van der Waals surface area contributed by atoms with Crippen molar-refractivity contribution in [1.29, 1.82) is 0 Å². The largest absolute Gasteiger partial charge is 0.456 e. The fourth-order valence-electron chi connectivity index (χ4n) is 9.31. The van der Waals surface area contributed by atoms with E-state index < -0.39 is 0 Å². The van der Waals surface area contributed by atoms with Crippen molar-refractivity contribution in [3.63, 3.8) is 0 Å². The Labute approximate surface area is 322 Å². The lowest BCUT2D eigenvalue weighted by molar-refractivity contribution is 0.669. The van der Waals surface area contributed by atoms with Gasteiger partial charge in [-0.1, -0.05) is 115 Å². The second-order valence-electron chi connectivity index (χ2n) is 14.6. The normalized spacial score (nSPS) is 12.7. The Kier molecular flexibility index (Phi) is 5.86. The summed E-state index contributed by atoms with van der Waals surface area (Å²) in [6.45, 7) is 0. The van der Waals surface area contributed by atoms with Gasteiger partial charge in [-0.15, -0.1) is 11.3 Å². The molecule has 0 amide bonds. The van der Waals surface area contributed by atoms with Crippen LogP contribution in [-0.2, 0) is 6.42 Å². The van der Waals surface area contributed by atoms with Gasteiger partial charge in [-0.2, -0.15) is 0 Å². The van der Waals surface area contributed by atoms with Crippen LogP contribution >= 0.6 is 22.9 Å². The highest BCUT2D eigenvalue weighted by Crippen LogP contribution is 2.49. The van der Waals surface area contributed by atoms with Crippen LogP contribution in [0, 0.1) is 0 Å². The SMILES string of the molecule is Clc1nc2c(nc1-c1ccc3c(c1)oc1cc(-n4c5ccccc5c5c6ccccc6c6c(sc7ccc8ccccc8c76)c54)ccc13)-c1ccccc1C2. The van der Waals surface area contributed by atoms with Gasteiger partial charge in [-0.05, 0) is 63.5 Å². The standard InChI is InChI=1S/C49H26ClN3OS/c50-49-45(52-46-31-12-4-2-10-27(31)23-37(46)51-49)28-17-20-32-33-21-19-29(25-40(33)54-39(32)24-28)53-38-16-8-7-15-36(38)42-34-13-5-6-14-35(34)44-43-30-11-3-1-9-26(30)18-22-41(43)55-48(44)47(42)53/h1-22,24-25H,23H2. The first kappa shape index (κ1) is 29.9. The van der Waals surface area contributed by atoms with Crippen LogP contribution in [0.1, 0.15) is 11.3 Å². The maximum Gasteiger partial charge on any atom is 0.155 e. The van der Waals surface area contributed by atoms with Crippen LogP contribution in [0.15, 0.2) is 150 Å². The van der Waals surface area contributed by atoms with Gasteiger partial charge in [0.05, 0.1) is 27.1 Å². The molecule has 0 fully saturated rings. The predicted molar refractivity (Wildman–Crippen MR) is 230 cm³/mol. The third-order valence-corrected chi connectivity index (χ3v) is 13.1. The molecule has 12 aromatic rings. The number of halogens is 1. The van der Waals surface area contributed by atoms with Crippen LogP contribution in [-0.4, -0.2) is 14.5 Å². The highest BCUT2D eigenvalue weighted by Gasteiger charge is 2.25. The monoisotopic (exact) mass is 739 g/mol. The minimum Gasteiger partial charge on any atom is -0.456 e. The number of thiophene rings is 1. The number of nitrogens with zero attached hydrogens (tertiary/aromatic N) is 3. The molecule has 4 aromatic heterocycles. The quantitative estimate of drug-likeness (QED) is 0.177. The smallest absolute Gasteiger partial charge is 0.155 e. The Bertz CT molecular complexity index is 3670. The fraction of sp³-hybridized carbons (Fsp3) is 0.0204. The van der Waals surface area contributed by atoms with Gasteiger partial charge in [0, 0.05) is 66.3 Å². The van der Waals surface area contributed by atoms with Crippen LogP contribution in [0.3, 0.4) is 0 Å². The molecular weight excluding hydrogens is 714 g/mol. The number of rotatable bonds is 2. The maximum absolute atomic E-state index is 6.81. The second-order valence-corrected chi connectivity index (χ2v) is 16.0. The molecule has 0 saturated heterocycles. The zero-order valence-electron chi connectivity index (χ0n) is 29.1. The van der Waals surface area contributed by atoms with E-state index in [0.717, 1.165) is 56.6 Å². The van der Waals surface area contributed by atoms with Crippen molar-refractivity contribution >= 4 is 108 Å². The molecule has 0 unspecified atom stereocenters. The summed E-state index contributed by atoms with van der Waals surface area (Å²) in [5, 5.41) is 12.8. The van der Waals surface area contributed by atoms with E-state index in [1.165, 1.54) is 69.1 Å². The van der Waals surface area contributed by atoms with E-state index >= 15 is 0 Å². The zero-order valence-corrected chi connectivity index (χ0v) is 30.7. The molecule has 1 aliphatic carbocycles. The van der Waals surface area contributed by atoms with Gasteiger partial charge in [0.15, 0.2) is 5.15 Å². The number of furan rings is 1. The molecule has 6 heteroatoms. The summed E-state index contributed by atoms with van der Waals surface area (Å²) in [5.74, 6) is 0. The van der Waals surface area contributed by atoms with Gasteiger partial charge >= 0.3 is 0 Å². The summed E-state index contributed by atoms with van der Waals surface area (Å²) in [4.78, 5) is 9.87. The van der Waals surface area contributed by atoms with E-state index in [0.29, 0.717) is 10.8 Å². The Hall–Kier alpha value is -6.53. The molecule has 0 radical (unpaired) electrons. The zero-order chi connectivity index (χ0) is 35.9. The second kappa shape index (κ2) is 10.8. The Morgan fingerprint density at radius 2 is 1.31 bits per heavy atom. The molecule has 4 nitrogen and oxygen atoms in total. The molecule has 0 N–H and O–H groups in total. The molecule has 55 heavy (non-hydrogen) atoms. The third kappa shape index (κ3) is 4.01. The first-order valence-corrected chi connectivity index (χ1v) is 19.7. The van der Waals surface area contributed by atoms with Crippen LogP contribution in [0.4, 0.5) is 0 Å². The molecule has 8 aromatic carbocycles. The van der Waals surface area contributed by atoms with Crippen molar-refractivity contribution in [2.24, 2.45) is 0 Å². The summed E-state index contributed by atoms with van der Waals surface area (Å²) in [5.41, 5.74) is 10.8. The average Bonchev–Trinajstić information content (AvgIpc) is 3.98. The molecule has 0 aliphatic heterocycles. The summed E-state index contributed by atoms with van der Waals surface area (Å²) in [6, 6.07) is 52.3. The summed E-state index contributed by atoms with van der Waals surface area (Å²) in [7, 11) is 0. The van der Waals surface area contributed by atoms with E-state index in [9.17, 15) is 0 Å². The number of benzene rings is 8. The number of hydrogen-bond acceptors (Lipinski definition) is 4. The fourth-order valence-corrected chi connectivity index (χ4v) is 10.8. The topological polar surface area (TPSA) is 43.9 Å². The van der Waals surface area contributed by atoms with Crippen LogP contribution in [0.2, 0.25) is 5.15 Å². The molecule has 1 aliphatic rings. The van der Waals surface area contributed by atoms with E-state index in [1.807, 2.05) is 17.4 Å². The Balaban J connectivity index is 1.06. The molecule has 0 saturated carbocycles. The van der Waals surface area contributed by atoms with E-state index in [4.69, 9.17) is 26.0 Å². The summed E-state index contributed by atoms with van der Waals surface area (Å²) < 4.78 is 11.8. The van der Waals surface area contributed by atoms with Crippen molar-refractivity contribution in [1.82, 2.24) is 14.5 Å². The van der Waals surface area contributed by atoms with Crippen LogP contribution in [0.25, 0.3) is 114 Å². The number of para-hydroxylation sites is 1. The predicted octanol–water partition coefficient (Wildman–Crippen LogP) is 14.0. The molecule has 0 bridgehead atoms. The third-order valence-electron chi connectivity index (χ3n) is 11.7. The lowest BCUT2D eigenvalue weighted by atomic mass is 9.96. The first-order chi connectivity index (χ1) is 27.2. The molecule has 0 atom stereocenters. The van der Waals surface area contributed by atoms with Gasteiger partial charge in [-0.3, -0.25) is 0 Å². The van der Waals surface area contributed by atoms with Gasteiger partial charge in [0.2, 0.25) is 0 Å². The number of hydrogen-bond donors (Lipinski definition) is 0. The number of fused-ring (bicyclic) bond motifs is 18. The van der Waals surface area contributed by atoms with Crippen LogP contribution < -0.4 is 0 Å². The van der Waals surface area contributed by atoms with E-state index in [2.05, 4.69) is 144 Å². The van der Waals surface area contributed by atoms with Gasteiger partial charge < -0.3 is 8.98 Å². The van der Waals surface area contributed by atoms with Gasteiger partial charge in [0.25, 0.3) is 0 Å². The van der Waals surface area contributed by atoms with Gasteiger partial charge in [-0.25, -0.2) is 9.97 Å². The molecule has 4 heterocycles. The van der Waals surface area contributed by atoms with Crippen molar-refractivity contribution in [3.05, 3.63) is 162 Å². The highest BCUT2D eigenvalue weighted by molar-refractivity contribution is 7.27. The molecule has 13 rings (SSSR count). The minimum absolute atomic E-state index is 0.406. The summed E-state index contributed by atoms with van der Waals surface area (Å²) >= 11 is 8.71. The molecule has 0 spiro atoms. The molecular formula is C49H26ClN3OS. The Morgan fingerprint density at radius 3 is 2.20 bits per heavy atom. The first-order valence-electron chi connectivity index (χ1n) is 18.5. The minimum atomic E-state index is 0.406. The lowest BCUT2D eigenvalue weighted by Crippen LogP contribution is -1.95.